The van der Waals surface area contributed by atoms with E-state index in [9.17, 15) is 9.59 Å². The van der Waals surface area contributed by atoms with Crippen molar-refractivity contribution in [3.05, 3.63) is 76.7 Å². The second kappa shape index (κ2) is 10.1. The molecule has 1 unspecified atom stereocenters. The van der Waals surface area contributed by atoms with Crippen molar-refractivity contribution in [1.82, 2.24) is 20.1 Å². The number of thioether (sulfide) groups is 1. The third-order valence-corrected chi connectivity index (χ3v) is 6.62. The van der Waals surface area contributed by atoms with Gasteiger partial charge in [0, 0.05) is 41.7 Å². The fraction of sp³-hybridized carbons (Fsp3) is 0.273. The van der Waals surface area contributed by atoms with Crippen LogP contribution in [-0.2, 0) is 11.3 Å². The zero-order chi connectivity index (χ0) is 21.6. The molecule has 9 heteroatoms. The molecule has 1 fully saturated rings. The van der Waals surface area contributed by atoms with Gasteiger partial charge in [0.2, 0.25) is 5.91 Å². The summed E-state index contributed by atoms with van der Waals surface area (Å²) in [6.45, 7) is 1.44. The smallest absolute Gasteiger partial charge is 0.251 e. The number of unbranched alkanes of at least 4 members (excludes halogenated alkanes) is 1. The Morgan fingerprint density at radius 1 is 1.19 bits per heavy atom. The number of aromatic nitrogens is 3. The third kappa shape index (κ3) is 5.34. The molecule has 2 amide bonds. The summed E-state index contributed by atoms with van der Waals surface area (Å²) in [6, 6.07) is 13.0. The highest BCUT2D eigenvalue weighted by atomic mass is 79.9. The van der Waals surface area contributed by atoms with E-state index < -0.39 is 0 Å². The molecule has 0 spiro atoms. The zero-order valence-corrected chi connectivity index (χ0v) is 19.2. The van der Waals surface area contributed by atoms with Crippen molar-refractivity contribution in [3.8, 4) is 0 Å². The number of anilines is 1. The van der Waals surface area contributed by atoms with E-state index in [4.69, 9.17) is 0 Å². The summed E-state index contributed by atoms with van der Waals surface area (Å²) in [7, 11) is 0. The molecule has 160 valence electrons. The lowest BCUT2D eigenvalue weighted by Gasteiger charge is -2.23. The molecule has 1 saturated heterocycles. The number of carbonyl (C=O) groups excluding carboxylic acids is 2. The number of hydrogen-bond acceptors (Lipinski definition) is 5. The second-order valence-corrected chi connectivity index (χ2v) is 9.10. The van der Waals surface area contributed by atoms with Gasteiger partial charge in [0.15, 0.2) is 0 Å². The molecule has 0 saturated carbocycles. The summed E-state index contributed by atoms with van der Waals surface area (Å²) in [4.78, 5) is 31.2. The zero-order valence-electron chi connectivity index (χ0n) is 16.8. The summed E-state index contributed by atoms with van der Waals surface area (Å²) in [5, 5.41) is 6.94. The van der Waals surface area contributed by atoms with E-state index in [1.165, 1.54) is 11.8 Å². The second-order valence-electron chi connectivity index (χ2n) is 7.12. The van der Waals surface area contributed by atoms with Gasteiger partial charge in [-0.25, -0.2) is 4.98 Å². The predicted molar refractivity (Wildman–Crippen MR) is 125 cm³/mol. The SMILES string of the molecule is O=C(NCCCCn1cccn1)c1cccc(C2SCC(=O)N2c2cc(Br)ccn2)c1. The predicted octanol–water partition coefficient (Wildman–Crippen LogP) is 4.03. The van der Waals surface area contributed by atoms with Gasteiger partial charge in [0.25, 0.3) is 5.91 Å². The van der Waals surface area contributed by atoms with Crippen molar-refractivity contribution in [1.29, 1.82) is 0 Å². The number of nitrogens with one attached hydrogen (secondary N) is 1. The number of benzene rings is 1. The van der Waals surface area contributed by atoms with Crippen LogP contribution in [0.3, 0.4) is 0 Å². The Balaban J connectivity index is 1.39. The molecule has 0 aliphatic carbocycles. The lowest BCUT2D eigenvalue weighted by atomic mass is 10.1. The molecule has 1 aliphatic rings. The highest BCUT2D eigenvalue weighted by Gasteiger charge is 2.35. The number of hydrogen-bond donors (Lipinski definition) is 1. The van der Waals surface area contributed by atoms with Gasteiger partial charge in [-0.2, -0.15) is 5.10 Å². The molecule has 4 rings (SSSR count). The van der Waals surface area contributed by atoms with Crippen molar-refractivity contribution in [3.63, 3.8) is 0 Å². The molecule has 1 atom stereocenters. The van der Waals surface area contributed by atoms with E-state index in [0.717, 1.165) is 29.4 Å². The number of aryl methyl sites for hydroxylation is 1. The van der Waals surface area contributed by atoms with Crippen molar-refractivity contribution in [2.24, 2.45) is 0 Å². The van der Waals surface area contributed by atoms with E-state index in [1.54, 1.807) is 23.4 Å². The van der Waals surface area contributed by atoms with Gasteiger partial charge in [0.1, 0.15) is 11.2 Å². The van der Waals surface area contributed by atoms with Crippen LogP contribution in [0.2, 0.25) is 0 Å². The average Bonchev–Trinajstić information content (AvgIpc) is 3.43. The molecule has 3 aromatic rings. The Morgan fingerprint density at radius 2 is 2.10 bits per heavy atom. The summed E-state index contributed by atoms with van der Waals surface area (Å²) >= 11 is 4.98. The van der Waals surface area contributed by atoms with Crippen molar-refractivity contribution in [2.75, 3.05) is 17.2 Å². The lowest BCUT2D eigenvalue weighted by molar-refractivity contribution is -0.115. The van der Waals surface area contributed by atoms with Gasteiger partial charge < -0.3 is 5.32 Å². The van der Waals surface area contributed by atoms with Crippen molar-refractivity contribution >= 4 is 45.3 Å². The van der Waals surface area contributed by atoms with Crippen LogP contribution in [-0.4, -0.2) is 38.9 Å². The van der Waals surface area contributed by atoms with Crippen LogP contribution in [0.15, 0.2) is 65.5 Å². The molecule has 31 heavy (non-hydrogen) atoms. The molecular weight excluding hydrogens is 478 g/mol. The summed E-state index contributed by atoms with van der Waals surface area (Å²) < 4.78 is 2.75. The maximum absolute atomic E-state index is 12.6. The van der Waals surface area contributed by atoms with Gasteiger partial charge >= 0.3 is 0 Å². The quantitative estimate of drug-likeness (QED) is 0.473. The Morgan fingerprint density at radius 3 is 2.90 bits per heavy atom. The number of rotatable bonds is 8. The maximum Gasteiger partial charge on any atom is 0.251 e. The Labute approximate surface area is 193 Å². The van der Waals surface area contributed by atoms with E-state index in [0.29, 0.717) is 23.7 Å². The number of carbonyl (C=O) groups is 2. The van der Waals surface area contributed by atoms with Crippen LogP contribution in [0, 0.1) is 0 Å². The van der Waals surface area contributed by atoms with Crippen LogP contribution >= 0.6 is 27.7 Å². The molecule has 1 N–H and O–H groups in total. The monoisotopic (exact) mass is 499 g/mol. The highest BCUT2D eigenvalue weighted by molar-refractivity contribution is 9.10. The third-order valence-electron chi connectivity index (χ3n) is 4.91. The van der Waals surface area contributed by atoms with Crippen molar-refractivity contribution < 1.29 is 9.59 Å². The lowest BCUT2D eigenvalue weighted by Crippen LogP contribution is -2.29. The fourth-order valence-corrected chi connectivity index (χ4v) is 4.89. The molecule has 1 aliphatic heterocycles. The van der Waals surface area contributed by atoms with Gasteiger partial charge in [-0.05, 0) is 48.7 Å². The van der Waals surface area contributed by atoms with Crippen LogP contribution in [0.1, 0.15) is 34.1 Å². The van der Waals surface area contributed by atoms with Crippen LogP contribution in [0.4, 0.5) is 5.82 Å². The minimum absolute atomic E-state index is 0.00707. The van der Waals surface area contributed by atoms with E-state index in [-0.39, 0.29) is 17.2 Å². The Kier molecular flexibility index (Phi) is 7.03. The number of nitrogens with zero attached hydrogens (tertiary/aromatic N) is 4. The Hall–Kier alpha value is -2.65. The fourth-order valence-electron chi connectivity index (χ4n) is 3.41. The highest BCUT2D eigenvalue weighted by Crippen LogP contribution is 2.41. The first-order valence-electron chi connectivity index (χ1n) is 10.0. The first-order valence-corrected chi connectivity index (χ1v) is 11.9. The molecule has 0 bridgehead atoms. The Bertz CT molecular complexity index is 1060. The van der Waals surface area contributed by atoms with Crippen LogP contribution in [0.5, 0.6) is 0 Å². The number of pyridine rings is 1. The molecule has 1 aromatic carbocycles. The molecular formula is C22H22BrN5O2S. The van der Waals surface area contributed by atoms with E-state index in [2.05, 4.69) is 31.3 Å². The van der Waals surface area contributed by atoms with Crippen molar-refractivity contribution in [2.45, 2.75) is 24.8 Å². The topological polar surface area (TPSA) is 80.1 Å². The average molecular weight is 500 g/mol. The minimum Gasteiger partial charge on any atom is -0.352 e. The normalized spacial score (nSPS) is 16.0. The van der Waals surface area contributed by atoms with Gasteiger partial charge in [-0.15, -0.1) is 11.8 Å². The van der Waals surface area contributed by atoms with Crippen LogP contribution in [0.25, 0.3) is 0 Å². The molecule has 0 radical (unpaired) electrons. The van der Waals surface area contributed by atoms with E-state index in [1.807, 2.05) is 47.3 Å². The molecule has 2 aromatic heterocycles. The number of amides is 2. The first kappa shape index (κ1) is 21.6. The standard InChI is InChI=1S/C22H22BrN5O2S/c23-18-7-10-24-19(14-18)28-20(29)15-31-22(28)17-6-3-5-16(13-17)21(30)25-8-1-2-11-27-12-4-9-26-27/h3-7,9-10,12-14,22H,1-2,8,11,15H2,(H,25,30). The summed E-state index contributed by atoms with van der Waals surface area (Å²) in [6.07, 6.45) is 7.18. The first-order chi connectivity index (χ1) is 15.1. The summed E-state index contributed by atoms with van der Waals surface area (Å²) in [5.41, 5.74) is 1.50. The molecule has 3 heterocycles. The summed E-state index contributed by atoms with van der Waals surface area (Å²) in [5.74, 6) is 0.877. The minimum atomic E-state index is -0.212. The van der Waals surface area contributed by atoms with Gasteiger partial charge in [0.05, 0.1) is 5.75 Å². The van der Waals surface area contributed by atoms with Gasteiger partial charge in [-0.1, -0.05) is 28.1 Å². The maximum atomic E-state index is 12.6. The van der Waals surface area contributed by atoms with Gasteiger partial charge in [-0.3, -0.25) is 19.2 Å². The molecule has 7 nitrogen and oxygen atoms in total. The largest absolute Gasteiger partial charge is 0.352 e. The van der Waals surface area contributed by atoms with Crippen LogP contribution < -0.4 is 10.2 Å². The number of halogens is 1. The van der Waals surface area contributed by atoms with E-state index >= 15 is 0 Å².